The van der Waals surface area contributed by atoms with Crippen LogP contribution in [0.25, 0.3) is 0 Å². The summed E-state index contributed by atoms with van der Waals surface area (Å²) in [7, 11) is 0. The molecule has 1 saturated heterocycles. The van der Waals surface area contributed by atoms with E-state index < -0.39 is 0 Å². The number of ether oxygens (including phenoxy) is 1. The Hall–Kier alpha value is -0.870. The van der Waals surface area contributed by atoms with Gasteiger partial charge in [0, 0.05) is 24.8 Å². The number of carbonyl (C=O) groups is 1. The van der Waals surface area contributed by atoms with Gasteiger partial charge in [0.1, 0.15) is 0 Å². The van der Waals surface area contributed by atoms with Crippen molar-refractivity contribution in [2.24, 2.45) is 0 Å². The molecule has 1 aliphatic heterocycles. The topological polar surface area (TPSA) is 29.5 Å². The summed E-state index contributed by atoms with van der Waals surface area (Å²) < 4.78 is 5.76. The molecular weight excluding hydrogens is 318 g/mol. The van der Waals surface area contributed by atoms with Crippen LogP contribution >= 0.6 is 15.9 Å². The summed E-state index contributed by atoms with van der Waals surface area (Å²) in [6.45, 7) is 5.52. The molecule has 0 aromatic heterocycles. The van der Waals surface area contributed by atoms with E-state index in [-0.39, 0.29) is 18.1 Å². The Bertz CT molecular complexity index is 464. The lowest BCUT2D eigenvalue weighted by atomic mass is 10.0. The lowest BCUT2D eigenvalue weighted by Gasteiger charge is -2.36. The molecule has 1 aromatic rings. The summed E-state index contributed by atoms with van der Waals surface area (Å²) in [5.41, 5.74) is 2.52. The van der Waals surface area contributed by atoms with Crippen molar-refractivity contribution in [2.45, 2.75) is 38.9 Å². The number of alkyl halides is 1. The van der Waals surface area contributed by atoms with Crippen LogP contribution < -0.4 is 0 Å². The van der Waals surface area contributed by atoms with Crippen molar-refractivity contribution < 1.29 is 9.53 Å². The number of hydrogen-bond acceptors (Lipinski definition) is 2. The standard InChI is InChI=1S/C16H22BrNO2/c1-12-5-3-4-6-14(12)7-8-16(19)18-10-13(2)20-15(9-17)11-18/h3-6,13,15H,7-11H2,1-2H3. The van der Waals surface area contributed by atoms with Crippen molar-refractivity contribution in [1.29, 1.82) is 0 Å². The second-order valence-corrected chi connectivity index (χ2v) is 6.10. The van der Waals surface area contributed by atoms with E-state index >= 15 is 0 Å². The van der Waals surface area contributed by atoms with Crippen LogP contribution in [0.2, 0.25) is 0 Å². The Balaban J connectivity index is 1.90. The summed E-state index contributed by atoms with van der Waals surface area (Å²) in [5, 5.41) is 0.777. The average molecular weight is 340 g/mol. The third-order valence-electron chi connectivity index (χ3n) is 3.72. The largest absolute Gasteiger partial charge is 0.371 e. The minimum Gasteiger partial charge on any atom is -0.371 e. The number of amides is 1. The van der Waals surface area contributed by atoms with E-state index in [0.717, 1.165) is 11.8 Å². The van der Waals surface area contributed by atoms with Crippen LogP contribution in [0, 0.1) is 6.92 Å². The molecule has 4 heteroatoms. The van der Waals surface area contributed by atoms with Gasteiger partial charge in [-0.05, 0) is 31.4 Å². The Morgan fingerprint density at radius 1 is 1.40 bits per heavy atom. The quantitative estimate of drug-likeness (QED) is 0.789. The second kappa shape index (κ2) is 7.23. The van der Waals surface area contributed by atoms with Crippen molar-refractivity contribution in [3.8, 4) is 0 Å². The number of halogens is 1. The van der Waals surface area contributed by atoms with Gasteiger partial charge in [0.15, 0.2) is 0 Å². The Morgan fingerprint density at radius 3 is 2.85 bits per heavy atom. The molecule has 20 heavy (non-hydrogen) atoms. The second-order valence-electron chi connectivity index (χ2n) is 5.45. The molecule has 1 amide bonds. The van der Waals surface area contributed by atoms with Crippen molar-refractivity contribution >= 4 is 21.8 Å². The fourth-order valence-electron chi connectivity index (χ4n) is 2.62. The molecule has 1 heterocycles. The van der Waals surface area contributed by atoms with Crippen LogP contribution in [0.4, 0.5) is 0 Å². The first kappa shape index (κ1) is 15.5. The normalized spacial score (nSPS) is 22.9. The summed E-state index contributed by atoms with van der Waals surface area (Å²) >= 11 is 3.44. The molecule has 3 nitrogen and oxygen atoms in total. The molecule has 0 bridgehead atoms. The number of nitrogens with zero attached hydrogens (tertiary/aromatic N) is 1. The number of benzene rings is 1. The highest BCUT2D eigenvalue weighted by molar-refractivity contribution is 9.09. The number of hydrogen-bond donors (Lipinski definition) is 0. The highest BCUT2D eigenvalue weighted by Crippen LogP contribution is 2.16. The average Bonchev–Trinajstić information content (AvgIpc) is 2.45. The molecule has 0 spiro atoms. The van der Waals surface area contributed by atoms with E-state index in [1.165, 1.54) is 11.1 Å². The third-order valence-corrected chi connectivity index (χ3v) is 4.44. The number of morpholine rings is 1. The van der Waals surface area contributed by atoms with Gasteiger partial charge in [-0.3, -0.25) is 4.79 Å². The van der Waals surface area contributed by atoms with E-state index in [1.54, 1.807) is 0 Å². The maximum atomic E-state index is 12.3. The van der Waals surface area contributed by atoms with Gasteiger partial charge in [0.25, 0.3) is 0 Å². The molecule has 1 fully saturated rings. The molecule has 0 saturated carbocycles. The zero-order valence-electron chi connectivity index (χ0n) is 12.1. The Labute approximate surface area is 129 Å². The SMILES string of the molecule is Cc1ccccc1CCC(=O)N1CC(C)OC(CBr)C1. The van der Waals surface area contributed by atoms with Crippen LogP contribution in [0.15, 0.2) is 24.3 Å². The van der Waals surface area contributed by atoms with Crippen LogP contribution in [0.3, 0.4) is 0 Å². The first-order valence-electron chi connectivity index (χ1n) is 7.14. The molecule has 2 unspecified atom stereocenters. The van der Waals surface area contributed by atoms with E-state index in [2.05, 4.69) is 35.0 Å². The van der Waals surface area contributed by atoms with Gasteiger partial charge in [-0.2, -0.15) is 0 Å². The minimum atomic E-state index is 0.112. The summed E-state index contributed by atoms with van der Waals surface area (Å²) in [6.07, 6.45) is 1.62. The fourth-order valence-corrected chi connectivity index (χ4v) is 2.98. The number of carbonyl (C=O) groups excluding carboxylic acids is 1. The Kier molecular flexibility index (Phi) is 5.61. The van der Waals surface area contributed by atoms with E-state index in [4.69, 9.17) is 4.74 Å². The zero-order chi connectivity index (χ0) is 14.5. The van der Waals surface area contributed by atoms with E-state index in [0.29, 0.717) is 19.5 Å². The zero-order valence-corrected chi connectivity index (χ0v) is 13.7. The van der Waals surface area contributed by atoms with Gasteiger partial charge >= 0.3 is 0 Å². The molecule has 0 N–H and O–H groups in total. The van der Waals surface area contributed by atoms with Crippen molar-refractivity contribution in [2.75, 3.05) is 18.4 Å². The van der Waals surface area contributed by atoms with Gasteiger partial charge in [-0.15, -0.1) is 0 Å². The molecule has 110 valence electrons. The lowest BCUT2D eigenvalue weighted by molar-refractivity contribution is -0.142. The first-order chi connectivity index (χ1) is 9.60. The van der Waals surface area contributed by atoms with Crippen molar-refractivity contribution in [1.82, 2.24) is 4.90 Å². The van der Waals surface area contributed by atoms with Crippen molar-refractivity contribution in [3.05, 3.63) is 35.4 Å². The van der Waals surface area contributed by atoms with Crippen LogP contribution in [0.5, 0.6) is 0 Å². The molecular formula is C16H22BrNO2. The monoisotopic (exact) mass is 339 g/mol. The highest BCUT2D eigenvalue weighted by Gasteiger charge is 2.27. The molecule has 0 radical (unpaired) electrons. The smallest absolute Gasteiger partial charge is 0.223 e. The van der Waals surface area contributed by atoms with E-state index in [9.17, 15) is 4.79 Å². The fraction of sp³-hybridized carbons (Fsp3) is 0.562. The van der Waals surface area contributed by atoms with E-state index in [1.807, 2.05) is 24.0 Å². The number of rotatable bonds is 4. The van der Waals surface area contributed by atoms with Gasteiger partial charge in [0.05, 0.1) is 12.2 Å². The minimum absolute atomic E-state index is 0.112. The molecule has 2 atom stereocenters. The lowest BCUT2D eigenvalue weighted by Crippen LogP contribution is -2.49. The maximum Gasteiger partial charge on any atom is 0.223 e. The first-order valence-corrected chi connectivity index (χ1v) is 8.26. The predicted octanol–water partition coefficient (Wildman–Crippen LogP) is 2.94. The van der Waals surface area contributed by atoms with Crippen molar-refractivity contribution in [3.63, 3.8) is 0 Å². The van der Waals surface area contributed by atoms with Gasteiger partial charge in [0.2, 0.25) is 5.91 Å². The van der Waals surface area contributed by atoms with Gasteiger partial charge in [-0.1, -0.05) is 40.2 Å². The van der Waals surface area contributed by atoms with Crippen LogP contribution in [-0.2, 0) is 16.0 Å². The summed E-state index contributed by atoms with van der Waals surface area (Å²) in [5.74, 6) is 0.231. The Morgan fingerprint density at radius 2 is 2.15 bits per heavy atom. The molecule has 1 aromatic carbocycles. The van der Waals surface area contributed by atoms with Crippen LogP contribution in [0.1, 0.15) is 24.5 Å². The summed E-state index contributed by atoms with van der Waals surface area (Å²) in [6, 6.07) is 8.26. The van der Waals surface area contributed by atoms with Gasteiger partial charge < -0.3 is 9.64 Å². The summed E-state index contributed by atoms with van der Waals surface area (Å²) in [4.78, 5) is 14.3. The third kappa shape index (κ3) is 4.06. The number of aryl methyl sites for hydroxylation is 2. The molecule has 0 aliphatic carbocycles. The molecule has 1 aliphatic rings. The van der Waals surface area contributed by atoms with Gasteiger partial charge in [-0.25, -0.2) is 0 Å². The van der Waals surface area contributed by atoms with Crippen LogP contribution in [-0.4, -0.2) is 41.4 Å². The maximum absolute atomic E-state index is 12.3. The molecule has 2 rings (SSSR count). The highest BCUT2D eigenvalue weighted by atomic mass is 79.9. The predicted molar refractivity (Wildman–Crippen MR) is 84.2 cm³/mol.